The molecular weight excluding hydrogens is 281 g/mol. The molecule has 108 valence electrons. The third-order valence-corrected chi connectivity index (χ3v) is 4.00. The molecule has 0 unspecified atom stereocenters. The molecule has 2 aliphatic heterocycles. The van der Waals surface area contributed by atoms with Gasteiger partial charge < -0.3 is 10.2 Å². The predicted octanol–water partition coefficient (Wildman–Crippen LogP) is 2.99. The Labute approximate surface area is 128 Å². The SMILES string of the molecule is Cl.Cl.c1cc(C2CCNCC2)ncc1N1CCCC1. The van der Waals surface area contributed by atoms with E-state index < -0.39 is 0 Å². The molecule has 3 nitrogen and oxygen atoms in total. The minimum Gasteiger partial charge on any atom is -0.370 e. The van der Waals surface area contributed by atoms with Gasteiger partial charge in [0, 0.05) is 24.7 Å². The van der Waals surface area contributed by atoms with Crippen molar-refractivity contribution >= 4 is 30.5 Å². The van der Waals surface area contributed by atoms with E-state index in [4.69, 9.17) is 0 Å². The second-order valence-corrected chi connectivity index (χ2v) is 5.16. The van der Waals surface area contributed by atoms with Gasteiger partial charge in [-0.3, -0.25) is 4.98 Å². The fourth-order valence-corrected chi connectivity index (χ4v) is 2.92. The predicted molar refractivity (Wildman–Crippen MR) is 85.0 cm³/mol. The second-order valence-electron chi connectivity index (χ2n) is 5.16. The van der Waals surface area contributed by atoms with Crippen molar-refractivity contribution in [1.29, 1.82) is 0 Å². The Balaban J connectivity index is 0.000000902. The number of nitrogens with zero attached hydrogens (tertiary/aromatic N) is 2. The normalized spacial score (nSPS) is 19.7. The third kappa shape index (κ3) is 3.98. The lowest BCUT2D eigenvalue weighted by Crippen LogP contribution is -2.27. The first kappa shape index (κ1) is 16.5. The zero-order valence-electron chi connectivity index (χ0n) is 11.2. The van der Waals surface area contributed by atoms with E-state index in [0.717, 1.165) is 13.1 Å². The number of halogens is 2. The van der Waals surface area contributed by atoms with Crippen LogP contribution in [0.25, 0.3) is 0 Å². The summed E-state index contributed by atoms with van der Waals surface area (Å²) < 4.78 is 0. The van der Waals surface area contributed by atoms with Crippen molar-refractivity contribution < 1.29 is 0 Å². The van der Waals surface area contributed by atoms with Crippen LogP contribution in [0.1, 0.15) is 37.3 Å². The Hall–Kier alpha value is -0.510. The minimum absolute atomic E-state index is 0. The molecule has 1 aromatic rings. The Morgan fingerprint density at radius 2 is 1.74 bits per heavy atom. The quantitative estimate of drug-likeness (QED) is 0.910. The van der Waals surface area contributed by atoms with E-state index in [1.165, 1.54) is 50.2 Å². The van der Waals surface area contributed by atoms with Crippen LogP contribution < -0.4 is 10.2 Å². The van der Waals surface area contributed by atoms with Gasteiger partial charge in [-0.2, -0.15) is 0 Å². The molecule has 3 heterocycles. The second kappa shape index (κ2) is 7.93. The maximum Gasteiger partial charge on any atom is 0.0552 e. The molecule has 2 aliphatic rings. The van der Waals surface area contributed by atoms with Crippen LogP contribution in [0.4, 0.5) is 5.69 Å². The summed E-state index contributed by atoms with van der Waals surface area (Å²) in [6.07, 6.45) is 7.20. The van der Waals surface area contributed by atoms with Crippen molar-refractivity contribution in [2.45, 2.75) is 31.6 Å². The fourth-order valence-electron chi connectivity index (χ4n) is 2.92. The first-order valence-corrected chi connectivity index (χ1v) is 6.85. The molecule has 1 N–H and O–H groups in total. The minimum atomic E-state index is 0. The number of hydrogen-bond donors (Lipinski definition) is 1. The maximum atomic E-state index is 4.68. The summed E-state index contributed by atoms with van der Waals surface area (Å²) in [6.45, 7) is 4.68. The van der Waals surface area contributed by atoms with Gasteiger partial charge in [-0.1, -0.05) is 0 Å². The van der Waals surface area contributed by atoms with Crippen LogP contribution >= 0.6 is 24.8 Å². The van der Waals surface area contributed by atoms with Crippen LogP contribution in [0.15, 0.2) is 18.3 Å². The van der Waals surface area contributed by atoms with Gasteiger partial charge >= 0.3 is 0 Å². The standard InChI is InChI=1S/C14H21N3.2ClH/c1-2-10-17(9-1)13-3-4-14(16-11-13)12-5-7-15-8-6-12;;/h3-4,11-12,15H,1-2,5-10H2;2*1H. The number of rotatable bonds is 2. The Bertz CT molecular complexity index is 357. The summed E-state index contributed by atoms with van der Waals surface area (Å²) in [5.74, 6) is 0.670. The van der Waals surface area contributed by atoms with Crippen LogP contribution in [0, 0.1) is 0 Å². The Morgan fingerprint density at radius 1 is 1.05 bits per heavy atom. The summed E-state index contributed by atoms with van der Waals surface area (Å²) in [5.41, 5.74) is 2.59. The summed E-state index contributed by atoms with van der Waals surface area (Å²) in [6, 6.07) is 4.50. The highest BCUT2D eigenvalue weighted by molar-refractivity contribution is 5.85. The monoisotopic (exact) mass is 303 g/mol. The molecule has 2 fully saturated rings. The number of hydrogen-bond acceptors (Lipinski definition) is 3. The molecule has 0 amide bonds. The van der Waals surface area contributed by atoms with Crippen molar-refractivity contribution in [2.24, 2.45) is 0 Å². The number of nitrogens with one attached hydrogen (secondary N) is 1. The molecule has 19 heavy (non-hydrogen) atoms. The van der Waals surface area contributed by atoms with E-state index in [1.54, 1.807) is 0 Å². The summed E-state index contributed by atoms with van der Waals surface area (Å²) in [4.78, 5) is 7.12. The zero-order chi connectivity index (χ0) is 11.5. The molecule has 0 radical (unpaired) electrons. The lowest BCUT2D eigenvalue weighted by Gasteiger charge is -2.23. The number of pyridine rings is 1. The molecule has 0 atom stereocenters. The van der Waals surface area contributed by atoms with Crippen LogP contribution in [-0.2, 0) is 0 Å². The molecule has 0 aromatic carbocycles. The molecule has 1 aromatic heterocycles. The lowest BCUT2D eigenvalue weighted by molar-refractivity contribution is 0.453. The van der Waals surface area contributed by atoms with E-state index >= 15 is 0 Å². The molecule has 5 heteroatoms. The van der Waals surface area contributed by atoms with Crippen LogP contribution in [0.3, 0.4) is 0 Å². The highest BCUT2D eigenvalue weighted by Crippen LogP contribution is 2.26. The van der Waals surface area contributed by atoms with Crippen molar-refractivity contribution in [3.63, 3.8) is 0 Å². The van der Waals surface area contributed by atoms with Crippen molar-refractivity contribution in [2.75, 3.05) is 31.1 Å². The van der Waals surface area contributed by atoms with Gasteiger partial charge in [0.25, 0.3) is 0 Å². The third-order valence-electron chi connectivity index (χ3n) is 4.00. The van der Waals surface area contributed by atoms with E-state index in [-0.39, 0.29) is 24.8 Å². The number of anilines is 1. The van der Waals surface area contributed by atoms with Crippen molar-refractivity contribution in [1.82, 2.24) is 10.3 Å². The average molecular weight is 304 g/mol. The van der Waals surface area contributed by atoms with Gasteiger partial charge in [-0.25, -0.2) is 0 Å². The Kier molecular flexibility index (Phi) is 6.90. The molecule has 2 saturated heterocycles. The molecule has 0 aliphatic carbocycles. The number of aromatic nitrogens is 1. The topological polar surface area (TPSA) is 28.2 Å². The van der Waals surface area contributed by atoms with Gasteiger partial charge in [0.15, 0.2) is 0 Å². The zero-order valence-corrected chi connectivity index (χ0v) is 12.8. The Morgan fingerprint density at radius 3 is 2.32 bits per heavy atom. The van der Waals surface area contributed by atoms with Gasteiger partial charge in [-0.15, -0.1) is 24.8 Å². The summed E-state index contributed by atoms with van der Waals surface area (Å²) >= 11 is 0. The highest BCUT2D eigenvalue weighted by Gasteiger charge is 2.17. The molecule has 0 bridgehead atoms. The van der Waals surface area contributed by atoms with E-state index in [1.807, 2.05) is 0 Å². The van der Waals surface area contributed by atoms with Gasteiger partial charge in [0.2, 0.25) is 0 Å². The largest absolute Gasteiger partial charge is 0.370 e. The van der Waals surface area contributed by atoms with Gasteiger partial charge in [-0.05, 0) is 50.9 Å². The first-order valence-electron chi connectivity index (χ1n) is 6.85. The van der Waals surface area contributed by atoms with Crippen molar-refractivity contribution in [3.05, 3.63) is 24.0 Å². The summed E-state index contributed by atoms with van der Waals surface area (Å²) in [7, 11) is 0. The van der Waals surface area contributed by atoms with Crippen molar-refractivity contribution in [3.8, 4) is 0 Å². The van der Waals surface area contributed by atoms with Gasteiger partial charge in [0.1, 0.15) is 0 Å². The molecule has 0 spiro atoms. The van der Waals surface area contributed by atoms with Crippen LogP contribution in [0.2, 0.25) is 0 Å². The average Bonchev–Trinajstić information content (AvgIpc) is 2.94. The smallest absolute Gasteiger partial charge is 0.0552 e. The van der Waals surface area contributed by atoms with Crippen LogP contribution in [-0.4, -0.2) is 31.2 Å². The molecule has 3 rings (SSSR count). The molecular formula is C14H23Cl2N3. The fraction of sp³-hybridized carbons (Fsp3) is 0.643. The number of piperidine rings is 1. The van der Waals surface area contributed by atoms with E-state index in [0.29, 0.717) is 5.92 Å². The highest BCUT2D eigenvalue weighted by atomic mass is 35.5. The lowest BCUT2D eigenvalue weighted by atomic mass is 9.94. The first-order chi connectivity index (χ1) is 8.43. The maximum absolute atomic E-state index is 4.68. The molecule has 0 saturated carbocycles. The summed E-state index contributed by atoms with van der Waals surface area (Å²) in [5, 5.41) is 3.40. The van der Waals surface area contributed by atoms with Gasteiger partial charge in [0.05, 0.1) is 11.9 Å². The van der Waals surface area contributed by atoms with Crippen LogP contribution in [0.5, 0.6) is 0 Å². The van der Waals surface area contributed by atoms with E-state index in [2.05, 4.69) is 33.5 Å². The van der Waals surface area contributed by atoms with E-state index in [9.17, 15) is 0 Å².